The van der Waals surface area contributed by atoms with Gasteiger partial charge in [-0.25, -0.2) is 22.4 Å². The van der Waals surface area contributed by atoms with E-state index in [-0.39, 0.29) is 21.2 Å². The van der Waals surface area contributed by atoms with Crippen molar-refractivity contribution in [1.82, 2.24) is 4.57 Å². The second-order valence-corrected chi connectivity index (χ2v) is 8.17. The van der Waals surface area contributed by atoms with Gasteiger partial charge in [0.15, 0.2) is 0 Å². The molecule has 0 amide bonds. The van der Waals surface area contributed by atoms with Gasteiger partial charge in [0, 0.05) is 45.5 Å². The minimum absolute atomic E-state index is 0.0394. The van der Waals surface area contributed by atoms with Gasteiger partial charge < -0.3 is 14.8 Å². The molecule has 0 bridgehead atoms. The summed E-state index contributed by atoms with van der Waals surface area (Å²) >= 11 is 1.59. The zero-order valence-corrected chi connectivity index (χ0v) is 19.1. The zero-order valence-electron chi connectivity index (χ0n) is 17.0. The molecule has 11 heteroatoms. The molecule has 3 aromatic rings. The van der Waals surface area contributed by atoms with Crippen LogP contribution in [0, 0.1) is 26.8 Å². The smallest absolute Gasteiger partial charge is 0.376 e. The third-order valence-corrected chi connectivity index (χ3v) is 6.03. The molecule has 6 nitrogen and oxygen atoms in total. The molecule has 0 aliphatic heterocycles. The molecule has 0 saturated heterocycles. The van der Waals surface area contributed by atoms with Crippen LogP contribution in [0.5, 0.6) is 0 Å². The second kappa shape index (κ2) is 10.2. The van der Waals surface area contributed by atoms with Gasteiger partial charge in [-0.2, -0.15) is 0 Å². The van der Waals surface area contributed by atoms with Gasteiger partial charge in [-0.15, -0.1) is 0 Å². The number of aliphatic hydroxyl groups excluding tert-OH is 1. The lowest BCUT2D eigenvalue weighted by Crippen LogP contribution is -2.27. The summed E-state index contributed by atoms with van der Waals surface area (Å²) in [5.74, 6) is -8.57. The van der Waals surface area contributed by atoms with Gasteiger partial charge in [-0.05, 0) is 34.2 Å². The number of nitrogens with zero attached hydrogens (tertiary/aromatic N) is 1. The number of aromatic nitrogens is 1. The fraction of sp³-hybridized carbons (Fsp3) is 0.0870. The highest BCUT2D eigenvalue weighted by Crippen LogP contribution is 2.25. The van der Waals surface area contributed by atoms with E-state index in [9.17, 15) is 37.1 Å². The van der Waals surface area contributed by atoms with Crippen LogP contribution in [0.4, 0.5) is 17.6 Å². The monoisotopic (exact) mass is 587 g/mol. The number of carboxylic acid groups (broad SMARTS) is 1. The summed E-state index contributed by atoms with van der Waals surface area (Å²) in [6.45, 7) is -0.350. The van der Waals surface area contributed by atoms with Gasteiger partial charge in [0.1, 0.15) is 29.0 Å². The quantitative estimate of drug-likeness (QED) is 0.142. The van der Waals surface area contributed by atoms with Crippen LogP contribution in [-0.2, 0) is 22.6 Å². The molecule has 0 aliphatic rings. The number of benzene rings is 2. The molecule has 2 aromatic carbocycles. The van der Waals surface area contributed by atoms with Crippen molar-refractivity contribution in [1.29, 1.82) is 0 Å². The number of halogens is 5. The lowest BCUT2D eigenvalue weighted by molar-refractivity contribution is -0.146. The van der Waals surface area contributed by atoms with Crippen molar-refractivity contribution in [2.45, 2.75) is 13.0 Å². The Bertz CT molecular complexity index is 1380. The number of pyridine rings is 1. The van der Waals surface area contributed by atoms with Crippen LogP contribution < -0.4 is 5.56 Å². The highest BCUT2D eigenvalue weighted by Gasteiger charge is 2.22. The molecule has 1 aromatic heterocycles. The summed E-state index contributed by atoms with van der Waals surface area (Å²) < 4.78 is 56.9. The first-order valence-corrected chi connectivity index (χ1v) is 10.5. The van der Waals surface area contributed by atoms with Crippen LogP contribution >= 0.6 is 22.6 Å². The fourth-order valence-corrected chi connectivity index (χ4v) is 4.00. The number of rotatable bonds is 7. The number of aliphatic carboxylic acids is 1. The number of hydrogen-bond acceptors (Lipinski definition) is 4. The Labute approximate surface area is 202 Å². The number of ketones is 1. The Morgan fingerprint density at radius 3 is 2.18 bits per heavy atom. The standard InChI is InChI=1S/C23H14F4INO5/c24-13-6-16(26)14(17(27)7-13)5-12-10-29(9-11-3-1-2-4-15(11)25)22(32)20(21(12)28)18(30)8-19(31)23(33)34/h1-4,6-8,10,30H,5,9H2,(H,33,34). The summed E-state index contributed by atoms with van der Waals surface area (Å²) in [5, 5.41) is 19.2. The molecular weight excluding hydrogens is 573 g/mol. The maximum atomic E-state index is 14.3. The topological polar surface area (TPSA) is 96.6 Å². The summed E-state index contributed by atoms with van der Waals surface area (Å²) in [6, 6.07) is 6.45. The van der Waals surface area contributed by atoms with Crippen LogP contribution in [0.2, 0.25) is 0 Å². The Morgan fingerprint density at radius 2 is 1.59 bits per heavy atom. The van der Waals surface area contributed by atoms with Crippen LogP contribution in [0.1, 0.15) is 22.3 Å². The van der Waals surface area contributed by atoms with E-state index in [4.69, 9.17) is 5.11 Å². The van der Waals surface area contributed by atoms with E-state index in [1.165, 1.54) is 24.4 Å². The van der Waals surface area contributed by atoms with Crippen molar-refractivity contribution in [3.05, 3.63) is 108 Å². The molecular formula is C23H14F4INO5. The predicted octanol–water partition coefficient (Wildman–Crippen LogP) is 4.20. The van der Waals surface area contributed by atoms with Crippen LogP contribution in [0.3, 0.4) is 0 Å². The van der Waals surface area contributed by atoms with E-state index in [0.29, 0.717) is 18.2 Å². The van der Waals surface area contributed by atoms with Gasteiger partial charge in [-0.3, -0.25) is 9.59 Å². The van der Waals surface area contributed by atoms with E-state index < -0.39 is 63.9 Å². The van der Waals surface area contributed by atoms with E-state index in [2.05, 4.69) is 0 Å². The van der Waals surface area contributed by atoms with Gasteiger partial charge in [0.2, 0.25) is 0 Å². The maximum absolute atomic E-state index is 14.3. The van der Waals surface area contributed by atoms with Crippen molar-refractivity contribution in [3.63, 3.8) is 0 Å². The molecule has 0 aliphatic carbocycles. The average Bonchev–Trinajstić information content (AvgIpc) is 2.75. The van der Waals surface area contributed by atoms with E-state index >= 15 is 0 Å². The molecule has 0 radical (unpaired) electrons. The number of carboxylic acids is 1. The van der Waals surface area contributed by atoms with Crippen molar-refractivity contribution in [2.24, 2.45) is 0 Å². The van der Waals surface area contributed by atoms with Crippen molar-refractivity contribution in [3.8, 4) is 0 Å². The van der Waals surface area contributed by atoms with E-state index in [0.717, 1.165) is 10.6 Å². The van der Waals surface area contributed by atoms with Crippen molar-refractivity contribution in [2.75, 3.05) is 0 Å². The molecule has 2 N–H and O–H groups in total. The first-order valence-electron chi connectivity index (χ1n) is 9.46. The first kappa shape index (κ1) is 25.1. The van der Waals surface area contributed by atoms with Crippen LogP contribution in [0.25, 0.3) is 5.76 Å². The molecule has 176 valence electrons. The van der Waals surface area contributed by atoms with Crippen LogP contribution in [-0.4, -0.2) is 26.5 Å². The van der Waals surface area contributed by atoms with E-state index in [1.807, 2.05) is 0 Å². The third kappa shape index (κ3) is 5.35. The summed E-state index contributed by atoms with van der Waals surface area (Å²) in [4.78, 5) is 35.4. The molecule has 0 fully saturated rings. The number of hydrogen-bond donors (Lipinski definition) is 2. The highest BCUT2D eigenvalue weighted by atomic mass is 127. The average molecular weight is 587 g/mol. The molecule has 0 atom stereocenters. The predicted molar refractivity (Wildman–Crippen MR) is 121 cm³/mol. The Kier molecular flexibility index (Phi) is 7.54. The Balaban J connectivity index is 2.23. The summed E-state index contributed by atoms with van der Waals surface area (Å²) in [7, 11) is 0. The van der Waals surface area contributed by atoms with Gasteiger partial charge in [-0.1, -0.05) is 18.2 Å². The zero-order chi connectivity index (χ0) is 25.2. The number of aliphatic hydroxyl groups is 1. The molecule has 34 heavy (non-hydrogen) atoms. The van der Waals surface area contributed by atoms with Gasteiger partial charge in [0.05, 0.1) is 12.1 Å². The molecule has 0 spiro atoms. The normalized spacial score (nSPS) is 11.5. The van der Waals surface area contributed by atoms with Gasteiger partial charge in [0.25, 0.3) is 11.3 Å². The minimum Gasteiger partial charge on any atom is -0.507 e. The van der Waals surface area contributed by atoms with Crippen molar-refractivity contribution >= 4 is 40.1 Å². The minimum atomic E-state index is -1.89. The number of carbonyl (C=O) groups excluding carboxylic acids is 1. The number of carbonyl (C=O) groups is 2. The maximum Gasteiger partial charge on any atom is 0.376 e. The largest absolute Gasteiger partial charge is 0.507 e. The van der Waals surface area contributed by atoms with Crippen LogP contribution in [0.15, 0.2) is 53.5 Å². The summed E-state index contributed by atoms with van der Waals surface area (Å²) in [5.41, 5.74) is -1.83. The second-order valence-electron chi connectivity index (χ2n) is 7.09. The lowest BCUT2D eigenvalue weighted by atomic mass is 10.0. The molecule has 0 unspecified atom stereocenters. The highest BCUT2D eigenvalue weighted by molar-refractivity contribution is 14.1. The molecule has 1 heterocycles. The fourth-order valence-electron chi connectivity index (χ4n) is 3.16. The first-order chi connectivity index (χ1) is 16.0. The third-order valence-electron chi connectivity index (χ3n) is 4.79. The Morgan fingerprint density at radius 1 is 0.971 bits per heavy atom. The summed E-state index contributed by atoms with van der Waals surface area (Å²) in [6.07, 6.45) is 1.01. The molecule has 3 rings (SSSR count). The SMILES string of the molecule is O=C(O)C(=O)C=C(O)c1c(I)c(Cc2c(F)cc(F)cc2F)cn(Cc2ccccc2F)c1=O. The van der Waals surface area contributed by atoms with Gasteiger partial charge >= 0.3 is 5.97 Å². The molecule has 0 saturated carbocycles. The Hall–Kier alpha value is -3.48. The lowest BCUT2D eigenvalue weighted by Gasteiger charge is -2.16. The van der Waals surface area contributed by atoms with E-state index in [1.54, 1.807) is 22.6 Å². The van der Waals surface area contributed by atoms with Crippen molar-refractivity contribution < 1.29 is 37.4 Å².